The normalized spacial score (nSPS) is 16.2. The highest BCUT2D eigenvalue weighted by Crippen LogP contribution is 2.57. The molecular weight excluding hydrogens is 291 g/mol. The van der Waals surface area contributed by atoms with Crippen molar-refractivity contribution in [3.05, 3.63) is 59.7 Å². The first-order valence-electron chi connectivity index (χ1n) is 5.45. The molecule has 0 bridgehead atoms. The Labute approximate surface area is 120 Å². The van der Waals surface area contributed by atoms with Gasteiger partial charge in [0.25, 0.3) is 0 Å². The highest BCUT2D eigenvalue weighted by Gasteiger charge is 2.55. The van der Waals surface area contributed by atoms with Crippen LogP contribution in [0.25, 0.3) is 11.1 Å². The molecule has 18 heavy (non-hydrogen) atoms. The lowest BCUT2D eigenvalue weighted by Gasteiger charge is -2.32. The van der Waals surface area contributed by atoms with Crippen LogP contribution in [0.2, 0.25) is 0 Å². The highest BCUT2D eigenvalue weighted by molar-refractivity contribution is 6.68. The Morgan fingerprint density at radius 3 is 1.56 bits per heavy atom. The first-order chi connectivity index (χ1) is 8.46. The van der Waals surface area contributed by atoms with Gasteiger partial charge in [0.2, 0.25) is 3.79 Å². The van der Waals surface area contributed by atoms with E-state index in [2.05, 4.69) is 0 Å². The van der Waals surface area contributed by atoms with Crippen molar-refractivity contribution in [3.63, 3.8) is 0 Å². The van der Waals surface area contributed by atoms with Crippen LogP contribution in [-0.2, 0) is 5.60 Å². The fourth-order valence-corrected chi connectivity index (χ4v) is 3.13. The summed E-state index contributed by atoms with van der Waals surface area (Å²) in [6.07, 6.45) is 0. The van der Waals surface area contributed by atoms with Crippen molar-refractivity contribution < 1.29 is 5.11 Å². The minimum absolute atomic E-state index is 0.631. The summed E-state index contributed by atoms with van der Waals surface area (Å²) in [5.41, 5.74) is 1.46. The Kier molecular flexibility index (Phi) is 2.65. The molecule has 0 heterocycles. The van der Waals surface area contributed by atoms with E-state index in [0.29, 0.717) is 11.1 Å². The maximum Gasteiger partial charge on any atom is 0.227 e. The van der Waals surface area contributed by atoms with Gasteiger partial charge in [0, 0.05) is 11.1 Å². The van der Waals surface area contributed by atoms with E-state index in [4.69, 9.17) is 34.8 Å². The van der Waals surface area contributed by atoms with E-state index in [9.17, 15) is 5.11 Å². The third-order valence-corrected chi connectivity index (χ3v) is 4.15. The quantitative estimate of drug-likeness (QED) is 0.720. The molecule has 0 radical (unpaired) electrons. The number of alkyl halides is 3. The van der Waals surface area contributed by atoms with Gasteiger partial charge in [0.05, 0.1) is 0 Å². The van der Waals surface area contributed by atoms with Gasteiger partial charge < -0.3 is 5.11 Å². The zero-order valence-corrected chi connectivity index (χ0v) is 11.5. The molecule has 2 aromatic rings. The summed E-state index contributed by atoms with van der Waals surface area (Å²) in [7, 11) is 0. The van der Waals surface area contributed by atoms with Crippen molar-refractivity contribution in [1.29, 1.82) is 0 Å². The van der Waals surface area contributed by atoms with E-state index in [0.717, 1.165) is 11.1 Å². The van der Waals surface area contributed by atoms with Crippen molar-refractivity contribution in [2.24, 2.45) is 0 Å². The maximum atomic E-state index is 10.9. The van der Waals surface area contributed by atoms with Gasteiger partial charge in [-0.05, 0) is 11.1 Å². The molecule has 0 saturated carbocycles. The summed E-state index contributed by atoms with van der Waals surface area (Å²) in [4.78, 5) is 0. The first-order valence-corrected chi connectivity index (χ1v) is 6.58. The fraction of sp³-hybridized carbons (Fsp3) is 0.143. The van der Waals surface area contributed by atoms with E-state index in [1.54, 1.807) is 12.1 Å². The Bertz CT molecular complexity index is 571. The van der Waals surface area contributed by atoms with Gasteiger partial charge >= 0.3 is 0 Å². The fourth-order valence-electron chi connectivity index (χ4n) is 2.52. The number of benzene rings is 2. The molecule has 0 aliphatic heterocycles. The van der Waals surface area contributed by atoms with Gasteiger partial charge in [-0.25, -0.2) is 0 Å². The zero-order valence-electron chi connectivity index (χ0n) is 9.20. The standard InChI is InChI=1S/C14H9Cl3O/c15-14(16,17)13(18)11-7-3-1-5-9(11)10-6-2-4-8-12(10)13/h1-8,18H. The van der Waals surface area contributed by atoms with Gasteiger partial charge in [-0.15, -0.1) is 0 Å². The van der Waals surface area contributed by atoms with Crippen molar-refractivity contribution in [3.8, 4) is 11.1 Å². The number of aliphatic hydroxyl groups is 1. The van der Waals surface area contributed by atoms with E-state index in [1.807, 2.05) is 36.4 Å². The number of halogens is 3. The lowest BCUT2D eigenvalue weighted by Crippen LogP contribution is -2.39. The summed E-state index contributed by atoms with van der Waals surface area (Å²) in [5.74, 6) is 0. The molecule has 0 saturated heterocycles. The molecule has 0 spiro atoms. The van der Waals surface area contributed by atoms with Crippen LogP contribution in [0.3, 0.4) is 0 Å². The minimum Gasteiger partial charge on any atom is -0.376 e. The number of rotatable bonds is 0. The minimum atomic E-state index is -1.82. The van der Waals surface area contributed by atoms with E-state index in [1.165, 1.54) is 0 Å². The summed E-state index contributed by atoms with van der Waals surface area (Å²) in [6, 6.07) is 14.9. The van der Waals surface area contributed by atoms with E-state index in [-0.39, 0.29) is 0 Å². The molecule has 92 valence electrons. The largest absolute Gasteiger partial charge is 0.376 e. The molecule has 3 rings (SSSR count). The molecule has 4 heteroatoms. The van der Waals surface area contributed by atoms with Crippen LogP contribution in [0.5, 0.6) is 0 Å². The number of hydrogen-bond donors (Lipinski definition) is 1. The van der Waals surface area contributed by atoms with Gasteiger partial charge in [-0.2, -0.15) is 0 Å². The van der Waals surface area contributed by atoms with Crippen LogP contribution in [0.1, 0.15) is 11.1 Å². The van der Waals surface area contributed by atoms with Gasteiger partial charge in [0.15, 0.2) is 5.60 Å². The smallest absolute Gasteiger partial charge is 0.227 e. The third-order valence-electron chi connectivity index (χ3n) is 3.33. The summed E-state index contributed by atoms with van der Waals surface area (Å²) >= 11 is 18.1. The molecule has 2 aromatic carbocycles. The topological polar surface area (TPSA) is 20.2 Å². The molecule has 0 aromatic heterocycles. The number of fused-ring (bicyclic) bond motifs is 3. The maximum absolute atomic E-state index is 10.9. The second kappa shape index (κ2) is 3.88. The van der Waals surface area contributed by atoms with Crippen LogP contribution < -0.4 is 0 Å². The van der Waals surface area contributed by atoms with Gasteiger partial charge in [-0.3, -0.25) is 0 Å². The van der Waals surface area contributed by atoms with Crippen molar-refractivity contribution in [2.75, 3.05) is 0 Å². The SMILES string of the molecule is OC1(C(Cl)(Cl)Cl)c2ccccc2-c2ccccc21. The van der Waals surface area contributed by atoms with Crippen molar-refractivity contribution >= 4 is 34.8 Å². The summed E-state index contributed by atoms with van der Waals surface area (Å²) in [6.45, 7) is 0. The Hall–Kier alpha value is -0.730. The Morgan fingerprint density at radius 1 is 0.778 bits per heavy atom. The molecule has 1 aliphatic rings. The Balaban J connectivity index is 2.41. The van der Waals surface area contributed by atoms with Crippen molar-refractivity contribution in [1.82, 2.24) is 0 Å². The second-order valence-electron chi connectivity index (χ2n) is 4.30. The molecular formula is C14H9Cl3O. The molecule has 1 nitrogen and oxygen atoms in total. The molecule has 1 N–H and O–H groups in total. The summed E-state index contributed by atoms with van der Waals surface area (Å²) in [5, 5.41) is 10.9. The van der Waals surface area contributed by atoms with Gasteiger partial charge in [0.1, 0.15) is 0 Å². The van der Waals surface area contributed by atoms with Crippen LogP contribution >= 0.6 is 34.8 Å². The first kappa shape index (κ1) is 12.3. The molecule has 0 fully saturated rings. The average Bonchev–Trinajstić information content (AvgIpc) is 2.62. The number of hydrogen-bond acceptors (Lipinski definition) is 1. The van der Waals surface area contributed by atoms with Crippen LogP contribution in [0.15, 0.2) is 48.5 Å². The summed E-state index contributed by atoms with van der Waals surface area (Å²) < 4.78 is -1.82. The Morgan fingerprint density at radius 2 is 1.17 bits per heavy atom. The molecule has 0 unspecified atom stereocenters. The predicted molar refractivity (Wildman–Crippen MR) is 75.2 cm³/mol. The molecule has 1 aliphatic carbocycles. The van der Waals surface area contributed by atoms with E-state index < -0.39 is 9.39 Å². The third kappa shape index (κ3) is 1.45. The van der Waals surface area contributed by atoms with Crippen LogP contribution in [0, 0.1) is 0 Å². The molecule has 0 amide bonds. The average molecular weight is 300 g/mol. The van der Waals surface area contributed by atoms with Crippen LogP contribution in [0.4, 0.5) is 0 Å². The second-order valence-corrected chi connectivity index (χ2v) is 6.58. The highest BCUT2D eigenvalue weighted by atomic mass is 35.6. The van der Waals surface area contributed by atoms with Crippen LogP contribution in [-0.4, -0.2) is 8.90 Å². The predicted octanol–water partition coefficient (Wildman–Crippen LogP) is 4.27. The monoisotopic (exact) mass is 298 g/mol. The van der Waals surface area contributed by atoms with E-state index >= 15 is 0 Å². The zero-order chi connectivity index (χ0) is 13.0. The lowest BCUT2D eigenvalue weighted by atomic mass is 9.93. The van der Waals surface area contributed by atoms with Gasteiger partial charge in [-0.1, -0.05) is 83.3 Å². The van der Waals surface area contributed by atoms with Crippen molar-refractivity contribution in [2.45, 2.75) is 9.39 Å². The molecule has 0 atom stereocenters. The lowest BCUT2D eigenvalue weighted by molar-refractivity contribution is 0.0899.